The minimum atomic E-state index is -0.139. The number of anilines is 1. The molecule has 110 valence electrons. The third-order valence-corrected chi connectivity index (χ3v) is 4.51. The summed E-state index contributed by atoms with van der Waals surface area (Å²) < 4.78 is 0.722. The summed E-state index contributed by atoms with van der Waals surface area (Å²) in [6, 6.07) is 12.6. The fraction of sp³-hybridized carbons (Fsp3) is 0.188. The standard InChI is InChI=1S/C16H16BrClN2O/c1-10(12-5-3-4-6-15(12)18)20(2)16(21)13-9-11(19)7-8-14(13)17/h3-10H,19H2,1-2H3. The van der Waals surface area contributed by atoms with E-state index in [2.05, 4.69) is 15.9 Å². The number of rotatable bonds is 3. The summed E-state index contributed by atoms with van der Waals surface area (Å²) in [6.07, 6.45) is 0. The predicted octanol–water partition coefficient (Wildman–Crippen LogP) is 4.52. The number of amides is 1. The molecule has 1 unspecified atom stereocenters. The molecule has 2 aromatic rings. The fourth-order valence-electron chi connectivity index (χ4n) is 2.10. The van der Waals surface area contributed by atoms with Crippen molar-refractivity contribution in [1.29, 1.82) is 0 Å². The number of nitrogens with zero attached hydrogens (tertiary/aromatic N) is 1. The molecule has 0 aliphatic carbocycles. The van der Waals surface area contributed by atoms with Crippen LogP contribution in [0.3, 0.4) is 0 Å². The highest BCUT2D eigenvalue weighted by atomic mass is 79.9. The molecule has 2 N–H and O–H groups in total. The van der Waals surface area contributed by atoms with Crippen LogP contribution in [0.1, 0.15) is 28.9 Å². The zero-order chi connectivity index (χ0) is 15.6. The minimum Gasteiger partial charge on any atom is -0.399 e. The lowest BCUT2D eigenvalue weighted by Crippen LogP contribution is -2.30. The van der Waals surface area contributed by atoms with Gasteiger partial charge in [0, 0.05) is 22.2 Å². The Hall–Kier alpha value is -1.52. The number of hydrogen-bond donors (Lipinski definition) is 1. The van der Waals surface area contributed by atoms with E-state index in [-0.39, 0.29) is 11.9 Å². The van der Waals surface area contributed by atoms with Crippen molar-refractivity contribution >= 4 is 39.1 Å². The largest absolute Gasteiger partial charge is 0.399 e. The van der Waals surface area contributed by atoms with Gasteiger partial charge < -0.3 is 10.6 Å². The van der Waals surface area contributed by atoms with Gasteiger partial charge >= 0.3 is 0 Å². The molecular formula is C16H16BrClN2O. The first-order chi connectivity index (χ1) is 9.91. The Bertz CT molecular complexity index is 675. The lowest BCUT2D eigenvalue weighted by molar-refractivity contribution is 0.0742. The molecule has 0 heterocycles. The molecule has 0 fully saturated rings. The summed E-state index contributed by atoms with van der Waals surface area (Å²) in [7, 11) is 1.76. The van der Waals surface area contributed by atoms with Gasteiger partial charge in [0.05, 0.1) is 11.6 Å². The maximum Gasteiger partial charge on any atom is 0.255 e. The lowest BCUT2D eigenvalue weighted by atomic mass is 10.1. The quantitative estimate of drug-likeness (QED) is 0.811. The molecule has 0 aromatic heterocycles. The second kappa shape index (κ2) is 6.50. The van der Waals surface area contributed by atoms with Gasteiger partial charge in [0.15, 0.2) is 0 Å². The van der Waals surface area contributed by atoms with E-state index in [0.29, 0.717) is 16.3 Å². The van der Waals surface area contributed by atoms with Gasteiger partial charge in [-0.2, -0.15) is 0 Å². The molecule has 0 aliphatic rings. The van der Waals surface area contributed by atoms with Crippen LogP contribution in [0.15, 0.2) is 46.9 Å². The number of benzene rings is 2. The van der Waals surface area contributed by atoms with E-state index in [9.17, 15) is 4.79 Å². The van der Waals surface area contributed by atoms with Gasteiger partial charge in [0.25, 0.3) is 5.91 Å². The van der Waals surface area contributed by atoms with E-state index in [1.165, 1.54) is 0 Å². The number of halogens is 2. The third-order valence-electron chi connectivity index (χ3n) is 3.48. The fourth-order valence-corrected chi connectivity index (χ4v) is 2.81. The normalized spacial score (nSPS) is 12.0. The number of hydrogen-bond acceptors (Lipinski definition) is 2. The average Bonchev–Trinajstić information content (AvgIpc) is 2.48. The molecule has 5 heteroatoms. The highest BCUT2D eigenvalue weighted by Crippen LogP contribution is 2.29. The van der Waals surface area contributed by atoms with Crippen molar-refractivity contribution in [2.45, 2.75) is 13.0 Å². The van der Waals surface area contributed by atoms with Crippen LogP contribution in [-0.4, -0.2) is 17.9 Å². The molecule has 0 spiro atoms. The smallest absolute Gasteiger partial charge is 0.255 e. The number of nitrogens with two attached hydrogens (primary N) is 1. The van der Waals surface area contributed by atoms with E-state index in [1.807, 2.05) is 31.2 Å². The predicted molar refractivity (Wildman–Crippen MR) is 90.5 cm³/mol. The minimum absolute atomic E-state index is 0.110. The molecule has 0 saturated heterocycles. The summed E-state index contributed by atoms with van der Waals surface area (Å²) in [5, 5.41) is 0.649. The Morgan fingerprint density at radius 2 is 1.95 bits per heavy atom. The molecule has 3 nitrogen and oxygen atoms in total. The molecule has 0 radical (unpaired) electrons. The van der Waals surface area contributed by atoms with Crippen molar-refractivity contribution in [3.05, 3.63) is 63.1 Å². The van der Waals surface area contributed by atoms with Crippen LogP contribution in [0.4, 0.5) is 5.69 Å². The second-order valence-corrected chi connectivity index (χ2v) is 6.11. The van der Waals surface area contributed by atoms with Crippen LogP contribution in [0.2, 0.25) is 5.02 Å². The lowest BCUT2D eigenvalue weighted by Gasteiger charge is -2.26. The topological polar surface area (TPSA) is 46.3 Å². The summed E-state index contributed by atoms with van der Waals surface area (Å²) in [6.45, 7) is 1.94. The Balaban J connectivity index is 2.31. The number of carbonyl (C=O) groups is 1. The van der Waals surface area contributed by atoms with E-state index in [0.717, 1.165) is 10.0 Å². The summed E-state index contributed by atoms with van der Waals surface area (Å²) in [5.74, 6) is -0.110. The second-order valence-electron chi connectivity index (χ2n) is 4.85. The van der Waals surface area contributed by atoms with Crippen molar-refractivity contribution in [3.63, 3.8) is 0 Å². The Kier molecular flexibility index (Phi) is 4.91. The highest BCUT2D eigenvalue weighted by molar-refractivity contribution is 9.10. The highest BCUT2D eigenvalue weighted by Gasteiger charge is 2.22. The molecule has 2 rings (SSSR count). The first kappa shape index (κ1) is 15.9. The van der Waals surface area contributed by atoms with Crippen molar-refractivity contribution in [2.75, 3.05) is 12.8 Å². The molecular weight excluding hydrogens is 352 g/mol. The van der Waals surface area contributed by atoms with E-state index >= 15 is 0 Å². The van der Waals surface area contributed by atoms with E-state index in [4.69, 9.17) is 17.3 Å². The molecule has 0 bridgehead atoms. The van der Waals surface area contributed by atoms with Crippen molar-refractivity contribution in [1.82, 2.24) is 4.90 Å². The molecule has 0 saturated carbocycles. The SMILES string of the molecule is CC(c1ccccc1Cl)N(C)C(=O)c1cc(N)ccc1Br. The van der Waals surface area contributed by atoms with Crippen LogP contribution in [-0.2, 0) is 0 Å². The monoisotopic (exact) mass is 366 g/mol. The molecule has 2 aromatic carbocycles. The Labute approximate surface area is 137 Å². The first-order valence-corrected chi connectivity index (χ1v) is 7.65. The summed E-state index contributed by atoms with van der Waals surface area (Å²) in [4.78, 5) is 14.3. The number of nitrogen functional groups attached to an aromatic ring is 1. The van der Waals surface area contributed by atoms with Gasteiger partial charge in [-0.1, -0.05) is 29.8 Å². The maximum atomic E-state index is 12.6. The van der Waals surface area contributed by atoms with Gasteiger partial charge in [-0.15, -0.1) is 0 Å². The van der Waals surface area contributed by atoms with Crippen molar-refractivity contribution < 1.29 is 4.79 Å². The molecule has 1 amide bonds. The van der Waals surface area contributed by atoms with Crippen molar-refractivity contribution in [2.24, 2.45) is 0 Å². The molecule has 0 aliphatic heterocycles. The third kappa shape index (κ3) is 3.39. The summed E-state index contributed by atoms with van der Waals surface area (Å²) >= 11 is 9.59. The van der Waals surface area contributed by atoms with Crippen LogP contribution >= 0.6 is 27.5 Å². The zero-order valence-corrected chi connectivity index (χ0v) is 14.1. The van der Waals surface area contributed by atoms with Gasteiger partial charge in [0.1, 0.15) is 0 Å². The zero-order valence-electron chi connectivity index (χ0n) is 11.8. The molecule has 21 heavy (non-hydrogen) atoms. The van der Waals surface area contributed by atoms with Gasteiger partial charge in [-0.25, -0.2) is 0 Å². The Morgan fingerprint density at radius 3 is 2.62 bits per heavy atom. The first-order valence-electron chi connectivity index (χ1n) is 6.48. The van der Waals surface area contributed by atoms with Crippen LogP contribution in [0.25, 0.3) is 0 Å². The molecule has 1 atom stereocenters. The van der Waals surface area contributed by atoms with Crippen LogP contribution < -0.4 is 5.73 Å². The van der Waals surface area contributed by atoms with Gasteiger partial charge in [-0.3, -0.25) is 4.79 Å². The van der Waals surface area contributed by atoms with Crippen molar-refractivity contribution in [3.8, 4) is 0 Å². The van der Waals surface area contributed by atoms with Crippen LogP contribution in [0.5, 0.6) is 0 Å². The van der Waals surface area contributed by atoms with Gasteiger partial charge in [0.2, 0.25) is 0 Å². The maximum absolute atomic E-state index is 12.6. The number of carbonyl (C=O) groups excluding carboxylic acids is 1. The van der Waals surface area contributed by atoms with Crippen LogP contribution in [0, 0.1) is 0 Å². The average molecular weight is 368 g/mol. The Morgan fingerprint density at radius 1 is 1.29 bits per heavy atom. The van der Waals surface area contributed by atoms with E-state index < -0.39 is 0 Å². The van der Waals surface area contributed by atoms with Gasteiger partial charge in [-0.05, 0) is 52.7 Å². The summed E-state index contributed by atoms with van der Waals surface area (Å²) in [5.41, 5.74) is 7.77. The van der Waals surface area contributed by atoms with E-state index in [1.54, 1.807) is 30.1 Å².